The minimum atomic E-state index is -0.00942. The number of likely N-dealkylation sites (N-methyl/N-ethyl adjacent to an activating group) is 1. The summed E-state index contributed by atoms with van der Waals surface area (Å²) in [4.78, 5) is 16.1. The van der Waals surface area contributed by atoms with Crippen molar-refractivity contribution in [1.82, 2.24) is 9.80 Å². The van der Waals surface area contributed by atoms with Crippen molar-refractivity contribution < 1.29 is 4.79 Å². The van der Waals surface area contributed by atoms with E-state index in [2.05, 4.69) is 33.2 Å². The predicted octanol–water partition coefficient (Wildman–Crippen LogP) is 2.54. The molecule has 18 heavy (non-hydrogen) atoms. The fraction of sp³-hybridized carbons (Fsp3) is 0.462. The third-order valence-electron chi connectivity index (χ3n) is 3.20. The molecule has 0 saturated carbocycles. The van der Waals surface area contributed by atoms with Crippen LogP contribution in [0.3, 0.4) is 0 Å². The molecule has 0 bridgehead atoms. The van der Waals surface area contributed by atoms with Gasteiger partial charge in [0.25, 0.3) is 0 Å². The Morgan fingerprint density at radius 1 is 1.28 bits per heavy atom. The molecule has 0 aromatic heterocycles. The van der Waals surface area contributed by atoms with E-state index < -0.39 is 0 Å². The van der Waals surface area contributed by atoms with Gasteiger partial charge in [-0.05, 0) is 37.7 Å². The zero-order valence-electron chi connectivity index (χ0n) is 10.7. The summed E-state index contributed by atoms with van der Waals surface area (Å²) in [6.07, 6.45) is 0. The van der Waals surface area contributed by atoms with Gasteiger partial charge in [-0.2, -0.15) is 0 Å². The molecular formula is C13H18BrN3O. The maximum Gasteiger partial charge on any atom is 0.321 e. The van der Waals surface area contributed by atoms with Crippen LogP contribution in [0.15, 0.2) is 22.7 Å². The number of benzene rings is 1. The minimum Gasteiger partial charge on any atom is -0.322 e. The van der Waals surface area contributed by atoms with Gasteiger partial charge in [-0.15, -0.1) is 0 Å². The van der Waals surface area contributed by atoms with Crippen molar-refractivity contribution in [3.05, 3.63) is 28.2 Å². The number of nitrogens with one attached hydrogen (secondary N) is 1. The number of carbonyl (C=O) groups is 1. The topological polar surface area (TPSA) is 35.6 Å². The molecule has 1 aromatic rings. The van der Waals surface area contributed by atoms with Crippen molar-refractivity contribution in [2.45, 2.75) is 6.92 Å². The van der Waals surface area contributed by atoms with Crippen molar-refractivity contribution >= 4 is 27.6 Å². The lowest BCUT2D eigenvalue weighted by atomic mass is 10.2. The first-order valence-electron chi connectivity index (χ1n) is 6.07. The van der Waals surface area contributed by atoms with E-state index in [0.717, 1.165) is 41.9 Å². The Bertz CT molecular complexity index is 442. The van der Waals surface area contributed by atoms with Crippen LogP contribution in [0, 0.1) is 6.92 Å². The standard InChI is InChI=1S/C13H18BrN3O/c1-10-9-11(3-4-12(10)14)15-13(18)17-7-5-16(2)6-8-17/h3-4,9H,5-8H2,1-2H3,(H,15,18). The predicted molar refractivity (Wildman–Crippen MR) is 77.0 cm³/mol. The molecule has 98 valence electrons. The second-order valence-electron chi connectivity index (χ2n) is 4.68. The second-order valence-corrected chi connectivity index (χ2v) is 5.54. The molecule has 0 spiro atoms. The average Bonchev–Trinajstić information content (AvgIpc) is 2.34. The molecule has 5 heteroatoms. The Morgan fingerprint density at radius 2 is 1.94 bits per heavy atom. The lowest BCUT2D eigenvalue weighted by Gasteiger charge is -2.32. The first kappa shape index (κ1) is 13.4. The van der Waals surface area contributed by atoms with Crippen LogP contribution in [-0.4, -0.2) is 49.1 Å². The molecule has 1 N–H and O–H groups in total. The van der Waals surface area contributed by atoms with Gasteiger partial charge < -0.3 is 15.1 Å². The maximum atomic E-state index is 12.1. The van der Waals surface area contributed by atoms with Crippen LogP contribution < -0.4 is 5.32 Å². The molecule has 0 radical (unpaired) electrons. The molecule has 4 nitrogen and oxygen atoms in total. The summed E-state index contributed by atoms with van der Waals surface area (Å²) in [5.74, 6) is 0. The molecule has 1 fully saturated rings. The number of urea groups is 1. The van der Waals surface area contributed by atoms with Crippen LogP contribution in [0.2, 0.25) is 0 Å². The van der Waals surface area contributed by atoms with Crippen molar-refractivity contribution in [3.63, 3.8) is 0 Å². The molecule has 2 rings (SSSR count). The number of rotatable bonds is 1. The highest BCUT2D eigenvalue weighted by Crippen LogP contribution is 2.20. The first-order valence-corrected chi connectivity index (χ1v) is 6.86. The Morgan fingerprint density at radius 3 is 2.56 bits per heavy atom. The molecular weight excluding hydrogens is 294 g/mol. The van der Waals surface area contributed by atoms with Gasteiger partial charge in [0, 0.05) is 36.3 Å². The molecule has 0 atom stereocenters. The largest absolute Gasteiger partial charge is 0.322 e. The molecule has 1 heterocycles. The summed E-state index contributed by atoms with van der Waals surface area (Å²) in [5, 5.41) is 2.94. The van der Waals surface area contributed by atoms with E-state index in [1.807, 2.05) is 30.0 Å². The average molecular weight is 312 g/mol. The Balaban J connectivity index is 1.96. The summed E-state index contributed by atoms with van der Waals surface area (Å²) in [6, 6.07) is 5.82. The highest BCUT2D eigenvalue weighted by Gasteiger charge is 2.18. The smallest absolute Gasteiger partial charge is 0.321 e. The number of nitrogens with zero attached hydrogens (tertiary/aromatic N) is 2. The summed E-state index contributed by atoms with van der Waals surface area (Å²) in [6.45, 7) is 5.46. The van der Waals surface area contributed by atoms with E-state index in [1.54, 1.807) is 0 Å². The Hall–Kier alpha value is -1.07. The molecule has 1 aliphatic rings. The normalized spacial score (nSPS) is 16.7. The maximum absolute atomic E-state index is 12.1. The molecule has 0 aliphatic carbocycles. The number of amides is 2. The summed E-state index contributed by atoms with van der Waals surface area (Å²) < 4.78 is 1.06. The third kappa shape index (κ3) is 3.23. The highest BCUT2D eigenvalue weighted by atomic mass is 79.9. The van der Waals surface area contributed by atoms with Crippen LogP contribution in [0.1, 0.15) is 5.56 Å². The highest BCUT2D eigenvalue weighted by molar-refractivity contribution is 9.10. The molecule has 0 unspecified atom stereocenters. The first-order chi connectivity index (χ1) is 8.56. The number of hydrogen-bond acceptors (Lipinski definition) is 2. The Kier molecular flexibility index (Phi) is 4.24. The number of piperazine rings is 1. The quantitative estimate of drug-likeness (QED) is 0.865. The molecule has 1 aliphatic heterocycles. The summed E-state index contributed by atoms with van der Waals surface area (Å²) in [7, 11) is 2.08. The van der Waals surface area contributed by atoms with Crippen LogP contribution in [-0.2, 0) is 0 Å². The second kappa shape index (κ2) is 5.71. The van der Waals surface area contributed by atoms with Crippen molar-refractivity contribution in [1.29, 1.82) is 0 Å². The SMILES string of the molecule is Cc1cc(NC(=O)N2CCN(C)CC2)ccc1Br. The van der Waals surface area contributed by atoms with E-state index in [0.29, 0.717) is 0 Å². The molecule has 1 saturated heterocycles. The van der Waals surface area contributed by atoms with Crippen molar-refractivity contribution in [3.8, 4) is 0 Å². The fourth-order valence-corrected chi connectivity index (χ4v) is 2.18. The van der Waals surface area contributed by atoms with Gasteiger partial charge in [-0.25, -0.2) is 4.79 Å². The van der Waals surface area contributed by atoms with Gasteiger partial charge >= 0.3 is 6.03 Å². The summed E-state index contributed by atoms with van der Waals surface area (Å²) in [5.41, 5.74) is 1.96. The van der Waals surface area contributed by atoms with Gasteiger partial charge in [0.1, 0.15) is 0 Å². The van der Waals surface area contributed by atoms with Crippen LogP contribution in [0.5, 0.6) is 0 Å². The van der Waals surface area contributed by atoms with Gasteiger partial charge in [0.15, 0.2) is 0 Å². The van der Waals surface area contributed by atoms with E-state index in [9.17, 15) is 4.79 Å². The monoisotopic (exact) mass is 311 g/mol. The number of aryl methyl sites for hydroxylation is 1. The van der Waals surface area contributed by atoms with E-state index in [4.69, 9.17) is 0 Å². The zero-order chi connectivity index (χ0) is 13.1. The van der Waals surface area contributed by atoms with E-state index in [1.165, 1.54) is 0 Å². The minimum absolute atomic E-state index is 0.00942. The van der Waals surface area contributed by atoms with E-state index in [-0.39, 0.29) is 6.03 Å². The van der Waals surface area contributed by atoms with E-state index >= 15 is 0 Å². The molecule has 2 amide bonds. The van der Waals surface area contributed by atoms with Crippen LogP contribution in [0.25, 0.3) is 0 Å². The lowest BCUT2D eigenvalue weighted by Crippen LogP contribution is -2.48. The number of halogens is 1. The van der Waals surface area contributed by atoms with Gasteiger partial charge in [0.05, 0.1) is 0 Å². The number of hydrogen-bond donors (Lipinski definition) is 1. The molecule has 1 aromatic carbocycles. The van der Waals surface area contributed by atoms with Crippen LogP contribution >= 0.6 is 15.9 Å². The summed E-state index contributed by atoms with van der Waals surface area (Å²) >= 11 is 3.45. The van der Waals surface area contributed by atoms with Gasteiger partial charge in [-0.3, -0.25) is 0 Å². The van der Waals surface area contributed by atoms with Crippen molar-refractivity contribution in [2.75, 3.05) is 38.5 Å². The fourth-order valence-electron chi connectivity index (χ4n) is 1.93. The van der Waals surface area contributed by atoms with Gasteiger partial charge in [0.2, 0.25) is 0 Å². The Labute approximate surface area is 116 Å². The zero-order valence-corrected chi connectivity index (χ0v) is 12.3. The number of anilines is 1. The third-order valence-corrected chi connectivity index (χ3v) is 4.09. The van der Waals surface area contributed by atoms with Crippen LogP contribution in [0.4, 0.5) is 10.5 Å². The lowest BCUT2D eigenvalue weighted by molar-refractivity contribution is 0.164. The number of carbonyl (C=O) groups excluding carboxylic acids is 1. The van der Waals surface area contributed by atoms with Gasteiger partial charge in [-0.1, -0.05) is 15.9 Å². The van der Waals surface area contributed by atoms with Crippen molar-refractivity contribution in [2.24, 2.45) is 0 Å².